The van der Waals surface area contributed by atoms with Gasteiger partial charge in [0, 0.05) is 19.3 Å². The molecule has 0 aromatic rings. The molecule has 0 radical (unpaired) electrons. The summed E-state index contributed by atoms with van der Waals surface area (Å²) in [5.74, 6) is -0.855. The molecule has 6 nitrogen and oxygen atoms in total. The number of ether oxygens (including phenoxy) is 3. The van der Waals surface area contributed by atoms with E-state index in [2.05, 4.69) is 20.8 Å². The van der Waals surface area contributed by atoms with Gasteiger partial charge < -0.3 is 14.2 Å². The molecule has 0 saturated carbocycles. The van der Waals surface area contributed by atoms with Gasteiger partial charge in [-0.3, -0.25) is 14.4 Å². The molecule has 0 unspecified atom stereocenters. The van der Waals surface area contributed by atoms with Crippen molar-refractivity contribution in [1.82, 2.24) is 0 Å². The molecule has 0 saturated heterocycles. The number of carbonyl (C=O) groups is 3. The van der Waals surface area contributed by atoms with Gasteiger partial charge in [-0.15, -0.1) is 0 Å². The monoisotopic (exact) mass is 751 g/mol. The first kappa shape index (κ1) is 51.4. The summed E-state index contributed by atoms with van der Waals surface area (Å²) in [7, 11) is 0. The van der Waals surface area contributed by atoms with Gasteiger partial charge in [-0.2, -0.15) is 0 Å². The van der Waals surface area contributed by atoms with Crippen LogP contribution in [0.3, 0.4) is 0 Å². The summed E-state index contributed by atoms with van der Waals surface area (Å²) in [5, 5.41) is 0. The van der Waals surface area contributed by atoms with Gasteiger partial charge in [0.1, 0.15) is 13.2 Å². The third-order valence-corrected chi connectivity index (χ3v) is 10.6. The Morgan fingerprint density at radius 1 is 0.302 bits per heavy atom. The van der Waals surface area contributed by atoms with Crippen molar-refractivity contribution in [3.05, 3.63) is 0 Å². The summed E-state index contributed by atoms with van der Waals surface area (Å²) >= 11 is 0. The van der Waals surface area contributed by atoms with Crippen molar-refractivity contribution in [2.75, 3.05) is 13.2 Å². The summed E-state index contributed by atoms with van der Waals surface area (Å²) in [6, 6.07) is 0. The summed E-state index contributed by atoms with van der Waals surface area (Å²) < 4.78 is 16.7. The van der Waals surface area contributed by atoms with Crippen molar-refractivity contribution in [3.63, 3.8) is 0 Å². The van der Waals surface area contributed by atoms with Gasteiger partial charge in [-0.25, -0.2) is 0 Å². The predicted octanol–water partition coefficient (Wildman–Crippen LogP) is 14.9. The molecule has 0 amide bonds. The van der Waals surface area contributed by atoms with Crippen LogP contribution in [0.4, 0.5) is 0 Å². The second-order valence-electron chi connectivity index (χ2n) is 16.0. The molecule has 314 valence electrons. The predicted molar refractivity (Wildman–Crippen MR) is 224 cm³/mol. The molecule has 0 aliphatic rings. The Hall–Kier alpha value is -1.59. The summed E-state index contributed by atoms with van der Waals surface area (Å²) in [6.45, 7) is 6.62. The van der Waals surface area contributed by atoms with Crippen LogP contribution in [0.2, 0.25) is 0 Å². The van der Waals surface area contributed by atoms with E-state index in [1.54, 1.807) is 0 Å². The Morgan fingerprint density at radius 3 is 0.755 bits per heavy atom. The van der Waals surface area contributed by atoms with Gasteiger partial charge in [0.15, 0.2) is 6.10 Å². The Labute approximate surface area is 329 Å². The van der Waals surface area contributed by atoms with Gasteiger partial charge in [-0.05, 0) is 19.3 Å². The number of hydrogen-bond acceptors (Lipinski definition) is 6. The molecule has 0 aliphatic heterocycles. The lowest BCUT2D eigenvalue weighted by atomic mass is 10.0. The molecular weight excluding hydrogens is 661 g/mol. The van der Waals surface area contributed by atoms with Crippen LogP contribution in [0.25, 0.3) is 0 Å². The maximum Gasteiger partial charge on any atom is 0.306 e. The standard InChI is InChI=1S/C47H90O6/c1-4-7-10-13-16-18-20-22-23-25-27-29-32-35-38-41-47(50)53-44(42-51-45(48)39-36-33-30-15-12-9-6-3)43-52-46(49)40-37-34-31-28-26-24-21-19-17-14-11-8-5-2/h44H,4-43H2,1-3H3/t44-/m1/s1. The number of rotatable bonds is 43. The molecule has 0 N–H and O–H groups in total. The molecule has 6 heteroatoms. The molecule has 0 heterocycles. The zero-order valence-corrected chi connectivity index (χ0v) is 35.8. The van der Waals surface area contributed by atoms with E-state index in [4.69, 9.17) is 14.2 Å². The van der Waals surface area contributed by atoms with E-state index in [9.17, 15) is 14.4 Å². The van der Waals surface area contributed by atoms with Crippen molar-refractivity contribution in [1.29, 1.82) is 0 Å². The van der Waals surface area contributed by atoms with Crippen molar-refractivity contribution in [3.8, 4) is 0 Å². The fraction of sp³-hybridized carbons (Fsp3) is 0.936. The van der Waals surface area contributed by atoms with E-state index in [1.807, 2.05) is 0 Å². The minimum absolute atomic E-state index is 0.0629. The number of unbranched alkanes of at least 4 members (excludes halogenated alkanes) is 32. The smallest absolute Gasteiger partial charge is 0.306 e. The lowest BCUT2D eigenvalue weighted by molar-refractivity contribution is -0.167. The lowest BCUT2D eigenvalue weighted by Crippen LogP contribution is -2.30. The van der Waals surface area contributed by atoms with Gasteiger partial charge >= 0.3 is 17.9 Å². The maximum absolute atomic E-state index is 12.7. The molecule has 0 rings (SSSR count). The second kappa shape index (κ2) is 43.1. The minimum atomic E-state index is -0.757. The van der Waals surface area contributed by atoms with Crippen LogP contribution in [-0.2, 0) is 28.6 Å². The van der Waals surface area contributed by atoms with Crippen LogP contribution < -0.4 is 0 Å². The first-order valence-electron chi connectivity index (χ1n) is 23.5. The largest absolute Gasteiger partial charge is 0.462 e. The Bertz CT molecular complexity index is 783. The first-order valence-corrected chi connectivity index (χ1v) is 23.5. The third kappa shape index (κ3) is 41.4. The fourth-order valence-electron chi connectivity index (χ4n) is 7.03. The van der Waals surface area contributed by atoms with E-state index >= 15 is 0 Å². The SMILES string of the molecule is CCCCCCCCCCCCCCCCCC(=O)O[C@H](COC(=O)CCCCCCCCC)COC(=O)CCCCCCCCCCCCCCC. The molecule has 0 bridgehead atoms. The fourth-order valence-corrected chi connectivity index (χ4v) is 7.03. The summed E-state index contributed by atoms with van der Waals surface area (Å²) in [4.78, 5) is 37.6. The third-order valence-electron chi connectivity index (χ3n) is 10.6. The average Bonchev–Trinajstić information content (AvgIpc) is 3.15. The van der Waals surface area contributed by atoms with E-state index in [1.165, 1.54) is 167 Å². The Morgan fingerprint density at radius 2 is 0.509 bits per heavy atom. The van der Waals surface area contributed by atoms with Crippen molar-refractivity contribution in [2.24, 2.45) is 0 Å². The Balaban J connectivity index is 4.24. The van der Waals surface area contributed by atoms with E-state index in [0.717, 1.165) is 57.8 Å². The highest BCUT2D eigenvalue weighted by molar-refractivity contribution is 5.71. The van der Waals surface area contributed by atoms with E-state index in [0.29, 0.717) is 19.3 Å². The zero-order valence-electron chi connectivity index (χ0n) is 35.8. The van der Waals surface area contributed by atoms with Gasteiger partial charge in [0.05, 0.1) is 0 Å². The lowest BCUT2D eigenvalue weighted by Gasteiger charge is -2.18. The molecule has 0 spiro atoms. The second-order valence-corrected chi connectivity index (χ2v) is 16.0. The Kier molecular flexibility index (Phi) is 41.8. The van der Waals surface area contributed by atoms with Crippen LogP contribution in [0.1, 0.15) is 265 Å². The normalized spacial score (nSPS) is 11.8. The average molecular weight is 751 g/mol. The molecule has 0 fully saturated rings. The summed E-state index contributed by atoms with van der Waals surface area (Å²) in [6.07, 6.45) is 43.8. The highest BCUT2D eigenvalue weighted by atomic mass is 16.6. The zero-order chi connectivity index (χ0) is 38.7. The van der Waals surface area contributed by atoms with E-state index in [-0.39, 0.29) is 31.1 Å². The molecule has 0 aliphatic carbocycles. The quantitative estimate of drug-likeness (QED) is 0.0351. The van der Waals surface area contributed by atoms with Crippen LogP contribution in [0.15, 0.2) is 0 Å². The van der Waals surface area contributed by atoms with Crippen LogP contribution in [0.5, 0.6) is 0 Å². The first-order chi connectivity index (χ1) is 26.0. The summed E-state index contributed by atoms with van der Waals surface area (Å²) in [5.41, 5.74) is 0. The van der Waals surface area contributed by atoms with E-state index < -0.39 is 6.10 Å². The van der Waals surface area contributed by atoms with Crippen LogP contribution >= 0.6 is 0 Å². The van der Waals surface area contributed by atoms with Crippen molar-refractivity contribution in [2.45, 2.75) is 271 Å². The number of esters is 3. The molecular formula is C47H90O6. The van der Waals surface area contributed by atoms with Crippen LogP contribution in [0, 0.1) is 0 Å². The number of hydrogen-bond donors (Lipinski definition) is 0. The van der Waals surface area contributed by atoms with Gasteiger partial charge in [0.25, 0.3) is 0 Å². The molecule has 0 aromatic heterocycles. The van der Waals surface area contributed by atoms with Crippen molar-refractivity contribution >= 4 is 17.9 Å². The number of carbonyl (C=O) groups excluding carboxylic acids is 3. The van der Waals surface area contributed by atoms with Crippen molar-refractivity contribution < 1.29 is 28.6 Å². The minimum Gasteiger partial charge on any atom is -0.462 e. The van der Waals surface area contributed by atoms with Gasteiger partial charge in [0.2, 0.25) is 0 Å². The van der Waals surface area contributed by atoms with Crippen LogP contribution in [-0.4, -0.2) is 37.2 Å². The highest BCUT2D eigenvalue weighted by Gasteiger charge is 2.19. The topological polar surface area (TPSA) is 78.9 Å². The highest BCUT2D eigenvalue weighted by Crippen LogP contribution is 2.16. The molecule has 0 aromatic carbocycles. The maximum atomic E-state index is 12.7. The molecule has 53 heavy (non-hydrogen) atoms. The molecule has 1 atom stereocenters. The van der Waals surface area contributed by atoms with Gasteiger partial charge in [-0.1, -0.05) is 226 Å².